The molecule has 0 unspecified atom stereocenters. The zero-order chi connectivity index (χ0) is 16.2. The molecule has 0 aliphatic heterocycles. The molecule has 4 saturated carbocycles. The standard InChI is InChI=1S/C21H29NO/c1-13-4-5-19(14(2)6-13)20(23)22-15(3)21-10-16-7-17(11-21)9-18(8-16)12-21/h4-6,15-18H,7-12H2,1-3H3,(H,22,23)/t15-,16?,17?,18?,21?/m1/s1. The molecular formula is C21H29NO. The molecule has 23 heavy (non-hydrogen) atoms. The van der Waals surface area contributed by atoms with Crippen molar-refractivity contribution in [3.63, 3.8) is 0 Å². The first kappa shape index (κ1) is 15.2. The third kappa shape index (κ3) is 2.60. The van der Waals surface area contributed by atoms with Crippen molar-refractivity contribution < 1.29 is 4.79 Å². The van der Waals surface area contributed by atoms with E-state index in [1.165, 1.54) is 44.1 Å². The third-order valence-electron chi connectivity index (χ3n) is 6.98. The van der Waals surface area contributed by atoms with E-state index in [1.807, 2.05) is 19.1 Å². The molecule has 2 nitrogen and oxygen atoms in total. The lowest BCUT2D eigenvalue weighted by Crippen LogP contribution is -2.55. The monoisotopic (exact) mass is 311 g/mol. The number of nitrogens with one attached hydrogen (secondary N) is 1. The van der Waals surface area contributed by atoms with Crippen LogP contribution < -0.4 is 5.32 Å². The molecule has 124 valence electrons. The Hall–Kier alpha value is -1.31. The molecule has 5 rings (SSSR count). The van der Waals surface area contributed by atoms with Gasteiger partial charge < -0.3 is 5.32 Å². The van der Waals surface area contributed by atoms with Gasteiger partial charge in [-0.15, -0.1) is 0 Å². The average molecular weight is 311 g/mol. The second-order valence-electron chi connectivity index (χ2n) is 8.79. The fraction of sp³-hybridized carbons (Fsp3) is 0.667. The molecule has 0 heterocycles. The molecular weight excluding hydrogens is 282 g/mol. The third-order valence-corrected chi connectivity index (χ3v) is 6.98. The van der Waals surface area contributed by atoms with Crippen molar-refractivity contribution in [2.75, 3.05) is 0 Å². The van der Waals surface area contributed by atoms with E-state index in [0.717, 1.165) is 28.9 Å². The second-order valence-corrected chi connectivity index (χ2v) is 8.79. The quantitative estimate of drug-likeness (QED) is 0.866. The Labute approximate surface area is 140 Å². The Morgan fingerprint density at radius 2 is 1.65 bits per heavy atom. The van der Waals surface area contributed by atoms with Crippen LogP contribution in [0.5, 0.6) is 0 Å². The second kappa shape index (κ2) is 5.36. The maximum Gasteiger partial charge on any atom is 0.251 e. The first-order valence-corrected chi connectivity index (χ1v) is 9.33. The first-order chi connectivity index (χ1) is 10.9. The molecule has 4 fully saturated rings. The van der Waals surface area contributed by atoms with Gasteiger partial charge in [-0.05, 0) is 94.1 Å². The maximum absolute atomic E-state index is 12.8. The summed E-state index contributed by atoms with van der Waals surface area (Å²) in [5.74, 6) is 2.91. The van der Waals surface area contributed by atoms with Crippen molar-refractivity contribution in [2.45, 2.75) is 65.3 Å². The fourth-order valence-electron chi connectivity index (χ4n) is 6.20. The number of aryl methyl sites for hydroxylation is 2. The van der Waals surface area contributed by atoms with Crippen LogP contribution >= 0.6 is 0 Å². The first-order valence-electron chi connectivity index (χ1n) is 9.33. The van der Waals surface area contributed by atoms with Crippen molar-refractivity contribution in [3.8, 4) is 0 Å². The lowest BCUT2D eigenvalue weighted by molar-refractivity contribution is -0.0688. The van der Waals surface area contributed by atoms with E-state index in [0.29, 0.717) is 11.5 Å². The van der Waals surface area contributed by atoms with Crippen LogP contribution in [-0.4, -0.2) is 11.9 Å². The zero-order valence-electron chi connectivity index (χ0n) is 14.7. The van der Waals surface area contributed by atoms with E-state index in [9.17, 15) is 4.79 Å². The predicted octanol–water partition coefficient (Wildman–Crippen LogP) is 4.64. The number of carbonyl (C=O) groups excluding carboxylic acids is 1. The van der Waals surface area contributed by atoms with Crippen molar-refractivity contribution in [3.05, 3.63) is 34.9 Å². The number of benzene rings is 1. The average Bonchev–Trinajstić information content (AvgIpc) is 2.45. The van der Waals surface area contributed by atoms with Gasteiger partial charge in [-0.3, -0.25) is 4.79 Å². The van der Waals surface area contributed by atoms with Crippen LogP contribution in [0.3, 0.4) is 0 Å². The highest BCUT2D eigenvalue weighted by atomic mass is 16.1. The summed E-state index contributed by atoms with van der Waals surface area (Å²) < 4.78 is 0. The highest BCUT2D eigenvalue weighted by Crippen LogP contribution is 2.61. The van der Waals surface area contributed by atoms with Crippen LogP contribution in [0.2, 0.25) is 0 Å². The van der Waals surface area contributed by atoms with Crippen LogP contribution in [-0.2, 0) is 0 Å². The van der Waals surface area contributed by atoms with Gasteiger partial charge in [-0.2, -0.15) is 0 Å². The van der Waals surface area contributed by atoms with Gasteiger partial charge in [-0.25, -0.2) is 0 Å². The minimum absolute atomic E-state index is 0.116. The molecule has 0 radical (unpaired) electrons. The molecule has 4 bridgehead atoms. The van der Waals surface area contributed by atoms with Gasteiger partial charge in [0.15, 0.2) is 0 Å². The normalized spacial score (nSPS) is 36.0. The van der Waals surface area contributed by atoms with Gasteiger partial charge >= 0.3 is 0 Å². The van der Waals surface area contributed by atoms with Gasteiger partial charge in [0.2, 0.25) is 0 Å². The highest BCUT2D eigenvalue weighted by molar-refractivity contribution is 5.95. The summed E-state index contributed by atoms with van der Waals surface area (Å²) in [5, 5.41) is 3.37. The summed E-state index contributed by atoms with van der Waals surface area (Å²) in [6.07, 6.45) is 8.39. The van der Waals surface area contributed by atoms with Crippen LogP contribution in [0.15, 0.2) is 18.2 Å². The summed E-state index contributed by atoms with van der Waals surface area (Å²) in [7, 11) is 0. The summed E-state index contributed by atoms with van der Waals surface area (Å²) in [5.41, 5.74) is 3.52. The number of rotatable bonds is 3. The summed E-state index contributed by atoms with van der Waals surface area (Å²) >= 11 is 0. The lowest BCUT2D eigenvalue weighted by Gasteiger charge is -2.59. The topological polar surface area (TPSA) is 29.1 Å². The smallest absolute Gasteiger partial charge is 0.251 e. The SMILES string of the molecule is Cc1ccc(C(=O)N[C@H](C)C23CC4CC(CC(C4)C2)C3)c(C)c1. The highest BCUT2D eigenvalue weighted by Gasteiger charge is 2.53. The van der Waals surface area contributed by atoms with Gasteiger partial charge in [0.25, 0.3) is 5.91 Å². The van der Waals surface area contributed by atoms with E-state index >= 15 is 0 Å². The number of carbonyl (C=O) groups is 1. The molecule has 0 aromatic heterocycles. The Morgan fingerprint density at radius 3 is 2.17 bits per heavy atom. The molecule has 4 aliphatic rings. The molecule has 1 aromatic carbocycles. The minimum atomic E-state index is 0.116. The molecule has 1 atom stereocenters. The van der Waals surface area contributed by atoms with Crippen molar-refractivity contribution in [1.82, 2.24) is 5.32 Å². The summed E-state index contributed by atoms with van der Waals surface area (Å²) in [6.45, 7) is 6.37. The number of hydrogen-bond acceptors (Lipinski definition) is 1. The van der Waals surface area contributed by atoms with E-state index in [4.69, 9.17) is 0 Å². The molecule has 4 aliphatic carbocycles. The number of amides is 1. The van der Waals surface area contributed by atoms with Crippen LogP contribution in [0.25, 0.3) is 0 Å². The van der Waals surface area contributed by atoms with E-state index < -0.39 is 0 Å². The van der Waals surface area contributed by atoms with E-state index in [2.05, 4.69) is 25.2 Å². The lowest BCUT2D eigenvalue weighted by atomic mass is 9.48. The Bertz CT molecular complexity index is 597. The molecule has 1 N–H and O–H groups in total. The predicted molar refractivity (Wildman–Crippen MR) is 93.4 cm³/mol. The maximum atomic E-state index is 12.8. The summed E-state index contributed by atoms with van der Waals surface area (Å²) in [4.78, 5) is 12.8. The van der Waals surface area contributed by atoms with Crippen LogP contribution in [0.4, 0.5) is 0 Å². The molecule has 1 amide bonds. The number of hydrogen-bond donors (Lipinski definition) is 1. The van der Waals surface area contributed by atoms with Gasteiger partial charge in [0.05, 0.1) is 0 Å². The van der Waals surface area contributed by atoms with Crippen molar-refractivity contribution in [1.29, 1.82) is 0 Å². The molecule has 2 heteroatoms. The minimum Gasteiger partial charge on any atom is -0.349 e. The molecule has 0 spiro atoms. The Morgan fingerprint density at radius 1 is 1.09 bits per heavy atom. The Kier molecular flexibility index (Phi) is 3.55. The van der Waals surface area contributed by atoms with Crippen molar-refractivity contribution in [2.24, 2.45) is 23.2 Å². The largest absolute Gasteiger partial charge is 0.349 e. The zero-order valence-corrected chi connectivity index (χ0v) is 14.7. The van der Waals surface area contributed by atoms with Gasteiger partial charge in [0, 0.05) is 11.6 Å². The molecule has 1 aromatic rings. The van der Waals surface area contributed by atoms with E-state index in [1.54, 1.807) is 0 Å². The van der Waals surface area contributed by atoms with Crippen molar-refractivity contribution >= 4 is 5.91 Å². The van der Waals surface area contributed by atoms with E-state index in [-0.39, 0.29) is 5.91 Å². The summed E-state index contributed by atoms with van der Waals surface area (Å²) in [6, 6.07) is 6.41. The molecule has 0 saturated heterocycles. The van der Waals surface area contributed by atoms with Crippen LogP contribution in [0.1, 0.15) is 66.9 Å². The fourth-order valence-corrected chi connectivity index (χ4v) is 6.20. The van der Waals surface area contributed by atoms with Crippen LogP contribution in [0, 0.1) is 37.0 Å². The van der Waals surface area contributed by atoms with Gasteiger partial charge in [-0.1, -0.05) is 17.7 Å². The van der Waals surface area contributed by atoms with Gasteiger partial charge in [0.1, 0.15) is 0 Å². The Balaban J connectivity index is 1.51.